The molecule has 1 atom stereocenters. The summed E-state index contributed by atoms with van der Waals surface area (Å²) in [7, 11) is 0. The maximum Gasteiger partial charge on any atom is 0.0417 e. The highest BCUT2D eigenvalue weighted by Gasteiger charge is 2.14. The number of rotatable bonds is 7. The lowest BCUT2D eigenvalue weighted by Gasteiger charge is -2.20. The van der Waals surface area contributed by atoms with Crippen LogP contribution in [-0.4, -0.2) is 6.54 Å². The van der Waals surface area contributed by atoms with Gasteiger partial charge in [-0.2, -0.15) is 11.3 Å². The number of hydrogen-bond donors (Lipinski definition) is 1. The molecule has 1 aromatic carbocycles. The first-order chi connectivity index (χ1) is 9.70. The Bertz CT molecular complexity index is 527. The second-order valence-corrected chi connectivity index (χ2v) is 6.91. The third-order valence-electron chi connectivity index (χ3n) is 3.28. The maximum atomic E-state index is 6.04. The number of hydrogen-bond acceptors (Lipinski definition) is 2. The molecule has 0 saturated carbocycles. The molecule has 1 N–H and O–H groups in total. The van der Waals surface area contributed by atoms with Crippen LogP contribution in [0.4, 0.5) is 0 Å². The summed E-state index contributed by atoms with van der Waals surface area (Å²) in [6.07, 6.45) is 3.33. The molecule has 2 rings (SSSR count). The third kappa shape index (κ3) is 4.59. The Morgan fingerprint density at radius 1 is 1.35 bits per heavy atom. The van der Waals surface area contributed by atoms with Gasteiger partial charge in [-0.05, 0) is 65.9 Å². The number of aryl methyl sites for hydroxylation is 1. The minimum atomic E-state index is 0.362. The van der Waals surface area contributed by atoms with Crippen molar-refractivity contribution in [3.8, 4) is 0 Å². The van der Waals surface area contributed by atoms with Gasteiger partial charge in [0.1, 0.15) is 0 Å². The molecule has 0 spiro atoms. The molecule has 0 aliphatic rings. The van der Waals surface area contributed by atoms with Crippen molar-refractivity contribution in [2.75, 3.05) is 6.54 Å². The Morgan fingerprint density at radius 3 is 2.85 bits per heavy atom. The molecule has 0 aliphatic carbocycles. The van der Waals surface area contributed by atoms with Crippen LogP contribution in [0.3, 0.4) is 0 Å². The van der Waals surface area contributed by atoms with Gasteiger partial charge in [-0.1, -0.05) is 40.5 Å². The molecular formula is C16H19BrClNS. The largest absolute Gasteiger partial charge is 0.310 e. The van der Waals surface area contributed by atoms with Crippen LogP contribution in [0.1, 0.15) is 36.9 Å². The minimum absolute atomic E-state index is 0.362. The molecule has 4 heteroatoms. The van der Waals surface area contributed by atoms with Crippen molar-refractivity contribution in [2.24, 2.45) is 0 Å². The predicted octanol–water partition coefficient (Wildman–Crippen LogP) is 5.84. The zero-order chi connectivity index (χ0) is 14.4. The first kappa shape index (κ1) is 16.0. The summed E-state index contributed by atoms with van der Waals surface area (Å²) in [6, 6.07) is 8.63. The summed E-state index contributed by atoms with van der Waals surface area (Å²) in [6.45, 7) is 3.23. The molecule has 108 valence electrons. The molecule has 0 amide bonds. The molecule has 0 saturated heterocycles. The van der Waals surface area contributed by atoms with E-state index in [1.165, 1.54) is 11.1 Å². The number of halogens is 2. The van der Waals surface area contributed by atoms with E-state index >= 15 is 0 Å². The highest BCUT2D eigenvalue weighted by Crippen LogP contribution is 2.29. The van der Waals surface area contributed by atoms with Crippen LogP contribution in [-0.2, 0) is 6.42 Å². The van der Waals surface area contributed by atoms with Crippen molar-refractivity contribution < 1.29 is 0 Å². The van der Waals surface area contributed by atoms with E-state index in [1.807, 2.05) is 12.1 Å². The monoisotopic (exact) mass is 371 g/mol. The lowest BCUT2D eigenvalue weighted by Crippen LogP contribution is -2.23. The van der Waals surface area contributed by atoms with Crippen LogP contribution in [0.5, 0.6) is 0 Å². The van der Waals surface area contributed by atoms with Crippen molar-refractivity contribution in [3.05, 3.63) is 55.6 Å². The summed E-state index contributed by atoms with van der Waals surface area (Å²) in [5.74, 6) is 0. The average molecular weight is 373 g/mol. The van der Waals surface area contributed by atoms with E-state index in [0.29, 0.717) is 6.04 Å². The SMILES string of the molecule is CCCNC(CCc1ccsc1)c1ccc(Cl)cc1Br. The van der Waals surface area contributed by atoms with Gasteiger partial charge in [0.05, 0.1) is 0 Å². The van der Waals surface area contributed by atoms with E-state index in [1.54, 1.807) is 11.3 Å². The Labute approximate surface area is 138 Å². The fourth-order valence-electron chi connectivity index (χ4n) is 2.22. The first-order valence-corrected chi connectivity index (χ1v) is 9.01. The van der Waals surface area contributed by atoms with Crippen molar-refractivity contribution in [1.82, 2.24) is 5.32 Å². The lowest BCUT2D eigenvalue weighted by atomic mass is 10.00. The van der Waals surface area contributed by atoms with Gasteiger partial charge < -0.3 is 5.32 Å². The van der Waals surface area contributed by atoms with Crippen molar-refractivity contribution >= 4 is 38.9 Å². The van der Waals surface area contributed by atoms with Crippen molar-refractivity contribution in [3.63, 3.8) is 0 Å². The Morgan fingerprint density at radius 2 is 2.20 bits per heavy atom. The van der Waals surface area contributed by atoms with Gasteiger partial charge in [0.25, 0.3) is 0 Å². The Hall–Kier alpha value is -0.350. The highest BCUT2D eigenvalue weighted by atomic mass is 79.9. The fraction of sp³-hybridized carbons (Fsp3) is 0.375. The molecule has 20 heavy (non-hydrogen) atoms. The van der Waals surface area contributed by atoms with Crippen molar-refractivity contribution in [2.45, 2.75) is 32.2 Å². The highest BCUT2D eigenvalue weighted by molar-refractivity contribution is 9.10. The number of benzene rings is 1. The van der Waals surface area contributed by atoms with Crippen molar-refractivity contribution in [1.29, 1.82) is 0 Å². The van der Waals surface area contributed by atoms with Gasteiger partial charge in [-0.25, -0.2) is 0 Å². The van der Waals surface area contributed by atoms with Gasteiger partial charge >= 0.3 is 0 Å². The zero-order valence-electron chi connectivity index (χ0n) is 11.5. The molecule has 1 unspecified atom stereocenters. The average Bonchev–Trinajstić information content (AvgIpc) is 2.93. The van der Waals surface area contributed by atoms with E-state index in [2.05, 4.69) is 51.1 Å². The minimum Gasteiger partial charge on any atom is -0.310 e. The number of nitrogens with one attached hydrogen (secondary N) is 1. The van der Waals surface area contributed by atoms with E-state index in [-0.39, 0.29) is 0 Å². The van der Waals surface area contributed by atoms with Gasteiger partial charge in [0.15, 0.2) is 0 Å². The standard InChI is InChI=1S/C16H19BrClNS/c1-2-8-19-16(6-3-12-7-9-20-11-12)14-5-4-13(18)10-15(14)17/h4-5,7,9-11,16,19H,2-3,6,8H2,1H3. The summed E-state index contributed by atoms with van der Waals surface area (Å²) < 4.78 is 1.09. The van der Waals surface area contributed by atoms with E-state index < -0.39 is 0 Å². The molecule has 1 nitrogen and oxygen atoms in total. The molecule has 1 aromatic heterocycles. The second kappa shape index (κ2) is 8.18. The Kier molecular flexibility index (Phi) is 6.56. The quantitative estimate of drug-likeness (QED) is 0.644. The van der Waals surface area contributed by atoms with Crippen LogP contribution in [0.15, 0.2) is 39.5 Å². The lowest BCUT2D eigenvalue weighted by molar-refractivity contribution is 0.498. The smallest absolute Gasteiger partial charge is 0.0417 e. The molecular weight excluding hydrogens is 354 g/mol. The van der Waals surface area contributed by atoms with Crippen LogP contribution in [0.25, 0.3) is 0 Å². The van der Waals surface area contributed by atoms with E-state index in [9.17, 15) is 0 Å². The van der Waals surface area contributed by atoms with Gasteiger partial charge in [0.2, 0.25) is 0 Å². The molecule has 1 heterocycles. The molecule has 0 radical (unpaired) electrons. The molecule has 2 aromatic rings. The normalized spacial score (nSPS) is 12.6. The van der Waals surface area contributed by atoms with Crippen LogP contribution < -0.4 is 5.32 Å². The molecule has 0 fully saturated rings. The zero-order valence-corrected chi connectivity index (χ0v) is 14.7. The van der Waals surface area contributed by atoms with E-state index in [0.717, 1.165) is 35.3 Å². The van der Waals surface area contributed by atoms with Gasteiger partial charge in [0, 0.05) is 15.5 Å². The van der Waals surface area contributed by atoms with Crippen LogP contribution >= 0.6 is 38.9 Å². The predicted molar refractivity (Wildman–Crippen MR) is 92.8 cm³/mol. The number of thiophene rings is 1. The summed E-state index contributed by atoms with van der Waals surface area (Å²) in [5, 5.41) is 8.78. The summed E-state index contributed by atoms with van der Waals surface area (Å²) in [4.78, 5) is 0. The van der Waals surface area contributed by atoms with Gasteiger partial charge in [-0.15, -0.1) is 0 Å². The first-order valence-electron chi connectivity index (χ1n) is 6.90. The fourth-order valence-corrected chi connectivity index (χ4v) is 3.88. The summed E-state index contributed by atoms with van der Waals surface area (Å²) in [5.41, 5.74) is 2.71. The summed E-state index contributed by atoms with van der Waals surface area (Å²) >= 11 is 11.4. The van der Waals surface area contributed by atoms with Gasteiger partial charge in [-0.3, -0.25) is 0 Å². The second-order valence-electron chi connectivity index (χ2n) is 4.84. The molecule has 0 aliphatic heterocycles. The third-order valence-corrected chi connectivity index (χ3v) is 4.93. The molecule has 0 bridgehead atoms. The Balaban J connectivity index is 2.09. The topological polar surface area (TPSA) is 12.0 Å². The maximum absolute atomic E-state index is 6.04. The van der Waals surface area contributed by atoms with E-state index in [4.69, 9.17) is 11.6 Å². The van der Waals surface area contributed by atoms with Crippen LogP contribution in [0, 0.1) is 0 Å². The van der Waals surface area contributed by atoms with Crippen LogP contribution in [0.2, 0.25) is 5.02 Å².